The molecule has 2 rings (SSSR count). The van der Waals surface area contributed by atoms with Crippen molar-refractivity contribution in [2.75, 3.05) is 13.7 Å². The van der Waals surface area contributed by atoms with Crippen LogP contribution in [0.4, 0.5) is 4.79 Å². The van der Waals surface area contributed by atoms with Crippen molar-refractivity contribution in [3.05, 3.63) is 34.4 Å². The molecule has 2 heterocycles. The Bertz CT molecular complexity index is 614. The molecule has 0 aliphatic carbocycles. The molecule has 0 saturated heterocycles. The summed E-state index contributed by atoms with van der Waals surface area (Å²) in [4.78, 5) is 23.4. The highest BCUT2D eigenvalue weighted by Gasteiger charge is 2.13. The summed E-state index contributed by atoms with van der Waals surface area (Å²) in [6.07, 6.45) is 2.32. The van der Waals surface area contributed by atoms with Crippen molar-refractivity contribution in [1.29, 1.82) is 0 Å². The van der Waals surface area contributed by atoms with E-state index >= 15 is 0 Å². The van der Waals surface area contributed by atoms with Gasteiger partial charge in [0.1, 0.15) is 5.65 Å². The number of hydrogen-bond donors (Lipinski definition) is 1. The highest BCUT2D eigenvalue weighted by Crippen LogP contribution is 2.04. The van der Waals surface area contributed by atoms with Gasteiger partial charge in [0.15, 0.2) is 0 Å². The first-order chi connectivity index (χ1) is 8.19. The van der Waals surface area contributed by atoms with Gasteiger partial charge in [0, 0.05) is 30.9 Å². The molecule has 0 bridgehead atoms. The van der Waals surface area contributed by atoms with E-state index in [1.54, 1.807) is 0 Å². The smallest absolute Gasteiger partial charge is 0.419 e. The maximum absolute atomic E-state index is 11.9. The van der Waals surface area contributed by atoms with E-state index in [1.165, 1.54) is 30.1 Å². The third-order valence-corrected chi connectivity index (χ3v) is 2.37. The quantitative estimate of drug-likeness (QED) is 0.771. The highest BCUT2D eigenvalue weighted by molar-refractivity contribution is 5.75. The standard InChI is InChI=1S/C10H11N3O4/c1-17-10(16)12-6-7(3-5-14)9(15)13-8(12)2-4-11-13/h2,4,6,14H,3,5H2,1H3. The van der Waals surface area contributed by atoms with Crippen LogP contribution in [0.2, 0.25) is 0 Å². The van der Waals surface area contributed by atoms with Gasteiger partial charge in [-0.1, -0.05) is 0 Å². The summed E-state index contributed by atoms with van der Waals surface area (Å²) < 4.78 is 6.88. The van der Waals surface area contributed by atoms with Crippen LogP contribution in [0, 0.1) is 0 Å². The first-order valence-corrected chi connectivity index (χ1v) is 4.96. The number of nitrogens with zero attached hydrogens (tertiary/aromatic N) is 3. The van der Waals surface area contributed by atoms with Crippen LogP contribution in [0.15, 0.2) is 23.3 Å². The first kappa shape index (κ1) is 11.3. The summed E-state index contributed by atoms with van der Waals surface area (Å²) >= 11 is 0. The van der Waals surface area contributed by atoms with E-state index in [0.29, 0.717) is 11.2 Å². The second-order valence-electron chi connectivity index (χ2n) is 3.37. The molecule has 7 nitrogen and oxygen atoms in total. The van der Waals surface area contributed by atoms with E-state index in [1.807, 2.05) is 0 Å². The molecule has 0 radical (unpaired) electrons. The molecule has 17 heavy (non-hydrogen) atoms. The minimum absolute atomic E-state index is 0.158. The number of aliphatic hydroxyl groups is 1. The molecule has 1 N–H and O–H groups in total. The Hall–Kier alpha value is -2.15. The minimum Gasteiger partial charge on any atom is -0.452 e. The fourth-order valence-electron chi connectivity index (χ4n) is 1.58. The Morgan fingerprint density at radius 2 is 2.35 bits per heavy atom. The predicted molar refractivity (Wildman–Crippen MR) is 58.0 cm³/mol. The SMILES string of the molecule is COC(=O)n1cc(CCO)c(=O)n2nccc12. The Kier molecular flexibility index (Phi) is 2.92. The van der Waals surface area contributed by atoms with Gasteiger partial charge in [-0.3, -0.25) is 4.79 Å². The van der Waals surface area contributed by atoms with Gasteiger partial charge in [-0.05, 0) is 0 Å². The molecule has 0 atom stereocenters. The molecule has 90 valence electrons. The number of ether oxygens (including phenoxy) is 1. The zero-order valence-electron chi connectivity index (χ0n) is 9.16. The van der Waals surface area contributed by atoms with Crippen molar-refractivity contribution >= 4 is 11.7 Å². The molecule has 2 aromatic heterocycles. The fraction of sp³-hybridized carbons (Fsp3) is 0.300. The Morgan fingerprint density at radius 1 is 1.59 bits per heavy atom. The summed E-state index contributed by atoms with van der Waals surface area (Å²) in [5.41, 5.74) is 0.275. The number of methoxy groups -OCH3 is 1. The largest absolute Gasteiger partial charge is 0.452 e. The van der Waals surface area contributed by atoms with Crippen molar-refractivity contribution in [2.45, 2.75) is 6.42 Å². The van der Waals surface area contributed by atoms with Gasteiger partial charge in [-0.2, -0.15) is 9.61 Å². The number of aliphatic hydroxyl groups excluding tert-OH is 1. The Balaban J connectivity index is 2.74. The van der Waals surface area contributed by atoms with Crippen LogP contribution in [-0.2, 0) is 11.2 Å². The molecule has 0 saturated carbocycles. The molecule has 2 aromatic rings. The van der Waals surface area contributed by atoms with E-state index in [-0.39, 0.29) is 18.6 Å². The van der Waals surface area contributed by atoms with Crippen molar-refractivity contribution in [2.24, 2.45) is 0 Å². The van der Waals surface area contributed by atoms with Crippen LogP contribution in [0.1, 0.15) is 5.56 Å². The Morgan fingerprint density at radius 3 is 3.00 bits per heavy atom. The van der Waals surface area contributed by atoms with Crippen LogP contribution in [0.25, 0.3) is 5.65 Å². The third-order valence-electron chi connectivity index (χ3n) is 2.37. The van der Waals surface area contributed by atoms with E-state index in [0.717, 1.165) is 4.52 Å². The second-order valence-corrected chi connectivity index (χ2v) is 3.37. The lowest BCUT2D eigenvalue weighted by Crippen LogP contribution is -2.26. The molecule has 0 unspecified atom stereocenters. The third kappa shape index (κ3) is 1.80. The lowest BCUT2D eigenvalue weighted by Gasteiger charge is -2.08. The normalized spacial score (nSPS) is 10.7. The van der Waals surface area contributed by atoms with Gasteiger partial charge in [-0.15, -0.1) is 0 Å². The zero-order chi connectivity index (χ0) is 12.4. The van der Waals surface area contributed by atoms with Crippen LogP contribution < -0.4 is 5.56 Å². The summed E-state index contributed by atoms with van der Waals surface area (Å²) in [5.74, 6) is 0. The minimum atomic E-state index is -0.616. The lowest BCUT2D eigenvalue weighted by molar-refractivity contribution is 0.173. The highest BCUT2D eigenvalue weighted by atomic mass is 16.5. The van der Waals surface area contributed by atoms with E-state index < -0.39 is 6.09 Å². The molecule has 0 aliphatic rings. The van der Waals surface area contributed by atoms with Gasteiger partial charge in [0.25, 0.3) is 5.56 Å². The maximum Gasteiger partial charge on any atom is 0.419 e. The van der Waals surface area contributed by atoms with Gasteiger partial charge < -0.3 is 9.84 Å². The molecular weight excluding hydrogens is 226 g/mol. The zero-order valence-corrected chi connectivity index (χ0v) is 9.16. The number of carbonyl (C=O) groups excluding carboxylic acids is 1. The van der Waals surface area contributed by atoms with Crippen LogP contribution >= 0.6 is 0 Å². The average Bonchev–Trinajstić information content (AvgIpc) is 2.81. The van der Waals surface area contributed by atoms with Gasteiger partial charge in [0.05, 0.1) is 13.3 Å². The molecule has 0 spiro atoms. The maximum atomic E-state index is 11.9. The lowest BCUT2D eigenvalue weighted by atomic mass is 10.2. The summed E-state index contributed by atoms with van der Waals surface area (Å²) in [6.45, 7) is -0.177. The molecule has 0 amide bonds. The average molecular weight is 237 g/mol. The van der Waals surface area contributed by atoms with E-state index in [2.05, 4.69) is 9.84 Å². The number of carbonyl (C=O) groups is 1. The van der Waals surface area contributed by atoms with Crippen molar-refractivity contribution < 1.29 is 14.6 Å². The van der Waals surface area contributed by atoms with E-state index in [4.69, 9.17) is 5.11 Å². The van der Waals surface area contributed by atoms with Crippen molar-refractivity contribution in [3.8, 4) is 0 Å². The van der Waals surface area contributed by atoms with Crippen molar-refractivity contribution in [1.82, 2.24) is 14.2 Å². The number of rotatable bonds is 2. The van der Waals surface area contributed by atoms with Gasteiger partial charge in [0.2, 0.25) is 0 Å². The van der Waals surface area contributed by atoms with Crippen LogP contribution in [0.5, 0.6) is 0 Å². The molecule has 0 aromatic carbocycles. The van der Waals surface area contributed by atoms with E-state index in [9.17, 15) is 9.59 Å². The first-order valence-electron chi connectivity index (χ1n) is 4.96. The summed E-state index contributed by atoms with van der Waals surface area (Å²) in [5, 5.41) is 12.7. The summed E-state index contributed by atoms with van der Waals surface area (Å²) in [6, 6.07) is 1.53. The van der Waals surface area contributed by atoms with Crippen LogP contribution in [-0.4, -0.2) is 39.1 Å². The molecule has 7 heteroatoms. The topological polar surface area (TPSA) is 85.8 Å². The second kappa shape index (κ2) is 4.38. The van der Waals surface area contributed by atoms with Crippen molar-refractivity contribution in [3.63, 3.8) is 0 Å². The summed E-state index contributed by atoms with van der Waals surface area (Å²) in [7, 11) is 1.25. The Labute approximate surface area is 95.9 Å². The van der Waals surface area contributed by atoms with Gasteiger partial charge >= 0.3 is 6.09 Å². The number of hydrogen-bond acceptors (Lipinski definition) is 5. The molecular formula is C10H11N3O4. The van der Waals surface area contributed by atoms with Gasteiger partial charge in [-0.25, -0.2) is 9.36 Å². The number of fused-ring (bicyclic) bond motifs is 1. The number of aromatic nitrogens is 3. The monoisotopic (exact) mass is 237 g/mol. The fourth-order valence-corrected chi connectivity index (χ4v) is 1.58. The van der Waals surface area contributed by atoms with Crippen LogP contribution in [0.3, 0.4) is 0 Å². The molecule has 0 fully saturated rings. The molecule has 0 aliphatic heterocycles. The predicted octanol–water partition coefficient (Wildman–Crippen LogP) is -0.355.